The standard InChI is InChI=1S/C16H31ClO/c1-12(2)15-6-5-14(4)11-16(15)18-10-8-13(3)7-9-17/h12-16H,5-11H2,1-4H3. The highest BCUT2D eigenvalue weighted by molar-refractivity contribution is 6.17. The van der Waals surface area contributed by atoms with E-state index in [1.807, 2.05) is 0 Å². The molecule has 0 radical (unpaired) electrons. The number of hydrogen-bond donors (Lipinski definition) is 0. The second kappa shape index (κ2) is 8.43. The predicted molar refractivity (Wildman–Crippen MR) is 80.2 cm³/mol. The summed E-state index contributed by atoms with van der Waals surface area (Å²) < 4.78 is 6.20. The average Bonchev–Trinajstić information content (AvgIpc) is 2.29. The molecule has 108 valence electrons. The fourth-order valence-electron chi connectivity index (χ4n) is 3.06. The third-order valence-corrected chi connectivity index (χ3v) is 4.72. The monoisotopic (exact) mass is 274 g/mol. The summed E-state index contributed by atoms with van der Waals surface area (Å²) >= 11 is 5.77. The minimum Gasteiger partial charge on any atom is -0.378 e. The highest BCUT2D eigenvalue weighted by Crippen LogP contribution is 2.35. The van der Waals surface area contributed by atoms with Crippen LogP contribution in [0.1, 0.15) is 59.8 Å². The number of alkyl halides is 1. The topological polar surface area (TPSA) is 9.23 Å². The van der Waals surface area contributed by atoms with Crippen molar-refractivity contribution in [3.63, 3.8) is 0 Å². The van der Waals surface area contributed by atoms with E-state index >= 15 is 0 Å². The Morgan fingerprint density at radius 1 is 1.17 bits per heavy atom. The molecule has 1 aliphatic carbocycles. The molecule has 2 heteroatoms. The van der Waals surface area contributed by atoms with E-state index in [9.17, 15) is 0 Å². The molecular weight excluding hydrogens is 244 g/mol. The molecule has 1 nitrogen and oxygen atoms in total. The smallest absolute Gasteiger partial charge is 0.0608 e. The molecule has 0 aromatic heterocycles. The van der Waals surface area contributed by atoms with Gasteiger partial charge in [-0.15, -0.1) is 11.6 Å². The van der Waals surface area contributed by atoms with E-state index in [0.29, 0.717) is 12.0 Å². The molecule has 0 bridgehead atoms. The first-order valence-corrected chi connectivity index (χ1v) is 8.25. The van der Waals surface area contributed by atoms with Crippen LogP contribution in [0.5, 0.6) is 0 Å². The zero-order valence-corrected chi connectivity index (χ0v) is 13.4. The van der Waals surface area contributed by atoms with Crippen molar-refractivity contribution in [3.8, 4) is 0 Å². The third-order valence-electron chi connectivity index (χ3n) is 4.51. The summed E-state index contributed by atoms with van der Waals surface area (Å²) in [6, 6.07) is 0. The highest BCUT2D eigenvalue weighted by atomic mass is 35.5. The lowest BCUT2D eigenvalue weighted by Crippen LogP contribution is -2.34. The van der Waals surface area contributed by atoms with Gasteiger partial charge >= 0.3 is 0 Å². The maximum atomic E-state index is 6.20. The van der Waals surface area contributed by atoms with Crippen molar-refractivity contribution in [2.24, 2.45) is 23.7 Å². The lowest BCUT2D eigenvalue weighted by atomic mass is 9.75. The predicted octanol–water partition coefficient (Wildman–Crippen LogP) is 5.12. The molecule has 4 unspecified atom stereocenters. The Bertz CT molecular complexity index is 217. The van der Waals surface area contributed by atoms with Gasteiger partial charge in [0.1, 0.15) is 0 Å². The van der Waals surface area contributed by atoms with Gasteiger partial charge in [0.25, 0.3) is 0 Å². The first-order valence-electron chi connectivity index (χ1n) is 7.72. The van der Waals surface area contributed by atoms with Crippen LogP contribution in [0, 0.1) is 23.7 Å². The number of hydrogen-bond acceptors (Lipinski definition) is 1. The minimum absolute atomic E-state index is 0.497. The van der Waals surface area contributed by atoms with Crippen LogP contribution in [0.2, 0.25) is 0 Å². The van der Waals surface area contributed by atoms with Crippen LogP contribution in [-0.2, 0) is 4.74 Å². The molecule has 4 atom stereocenters. The molecule has 0 N–H and O–H groups in total. The second-order valence-electron chi connectivity index (χ2n) is 6.61. The molecule has 0 amide bonds. The third kappa shape index (κ3) is 5.48. The van der Waals surface area contributed by atoms with Crippen LogP contribution in [0.25, 0.3) is 0 Å². The van der Waals surface area contributed by atoms with Gasteiger partial charge in [-0.1, -0.05) is 34.1 Å². The van der Waals surface area contributed by atoms with Crippen molar-refractivity contribution in [3.05, 3.63) is 0 Å². The van der Waals surface area contributed by atoms with Crippen LogP contribution < -0.4 is 0 Å². The van der Waals surface area contributed by atoms with Gasteiger partial charge in [0.15, 0.2) is 0 Å². The van der Waals surface area contributed by atoms with E-state index in [1.165, 1.54) is 19.3 Å². The first kappa shape index (κ1) is 16.3. The summed E-state index contributed by atoms with van der Waals surface area (Å²) in [6.45, 7) is 10.2. The van der Waals surface area contributed by atoms with Crippen molar-refractivity contribution >= 4 is 11.6 Å². The molecule has 0 saturated heterocycles. The van der Waals surface area contributed by atoms with Crippen LogP contribution in [-0.4, -0.2) is 18.6 Å². The van der Waals surface area contributed by atoms with Gasteiger partial charge in [0, 0.05) is 12.5 Å². The Balaban J connectivity index is 2.32. The lowest BCUT2D eigenvalue weighted by Gasteiger charge is -2.37. The first-order chi connectivity index (χ1) is 8.54. The fourth-order valence-corrected chi connectivity index (χ4v) is 3.43. The molecule has 1 saturated carbocycles. The highest BCUT2D eigenvalue weighted by Gasteiger charge is 2.31. The van der Waals surface area contributed by atoms with Crippen LogP contribution >= 0.6 is 11.6 Å². The van der Waals surface area contributed by atoms with Crippen LogP contribution in [0.3, 0.4) is 0 Å². The SMILES string of the molecule is CC(CCCl)CCOC1CC(C)CCC1C(C)C. The summed E-state index contributed by atoms with van der Waals surface area (Å²) in [5, 5.41) is 0. The molecule has 18 heavy (non-hydrogen) atoms. The maximum Gasteiger partial charge on any atom is 0.0608 e. The van der Waals surface area contributed by atoms with Gasteiger partial charge in [0.05, 0.1) is 6.10 Å². The molecule has 0 aliphatic heterocycles. The molecule has 0 aromatic rings. The van der Waals surface area contributed by atoms with E-state index in [4.69, 9.17) is 16.3 Å². The van der Waals surface area contributed by atoms with Gasteiger partial charge in [-0.05, 0) is 49.4 Å². The number of rotatable bonds is 7. The summed E-state index contributed by atoms with van der Waals surface area (Å²) in [4.78, 5) is 0. The Hall–Kier alpha value is 0.250. The van der Waals surface area contributed by atoms with Crippen molar-refractivity contribution in [2.75, 3.05) is 12.5 Å². The minimum atomic E-state index is 0.497. The Morgan fingerprint density at radius 3 is 2.50 bits per heavy atom. The Morgan fingerprint density at radius 2 is 1.89 bits per heavy atom. The van der Waals surface area contributed by atoms with E-state index < -0.39 is 0 Å². The number of halogens is 1. The zero-order valence-electron chi connectivity index (χ0n) is 12.6. The zero-order chi connectivity index (χ0) is 13.5. The molecule has 1 fully saturated rings. The van der Waals surface area contributed by atoms with Gasteiger partial charge in [-0.3, -0.25) is 0 Å². The van der Waals surface area contributed by atoms with E-state index in [2.05, 4.69) is 27.7 Å². The van der Waals surface area contributed by atoms with Crippen molar-refractivity contribution in [1.82, 2.24) is 0 Å². The normalized spacial score (nSPS) is 30.7. The van der Waals surface area contributed by atoms with Crippen LogP contribution in [0.4, 0.5) is 0 Å². The summed E-state index contributed by atoms with van der Waals surface area (Å²) in [6.07, 6.45) is 6.75. The van der Waals surface area contributed by atoms with Gasteiger partial charge in [-0.2, -0.15) is 0 Å². The Kier molecular flexibility index (Phi) is 7.63. The molecule has 0 spiro atoms. The van der Waals surface area contributed by atoms with E-state index in [0.717, 1.165) is 43.1 Å². The van der Waals surface area contributed by atoms with Gasteiger partial charge in [-0.25, -0.2) is 0 Å². The van der Waals surface area contributed by atoms with E-state index in [-0.39, 0.29) is 0 Å². The quantitative estimate of drug-likeness (QED) is 0.586. The number of ether oxygens (including phenoxy) is 1. The maximum absolute atomic E-state index is 6.20. The largest absolute Gasteiger partial charge is 0.378 e. The fraction of sp³-hybridized carbons (Fsp3) is 1.00. The summed E-state index contributed by atoms with van der Waals surface area (Å²) in [7, 11) is 0. The van der Waals surface area contributed by atoms with Crippen LogP contribution in [0.15, 0.2) is 0 Å². The van der Waals surface area contributed by atoms with Crippen molar-refractivity contribution in [1.29, 1.82) is 0 Å². The molecule has 1 rings (SSSR count). The van der Waals surface area contributed by atoms with E-state index in [1.54, 1.807) is 0 Å². The summed E-state index contributed by atoms with van der Waals surface area (Å²) in [5.41, 5.74) is 0. The molecule has 0 heterocycles. The average molecular weight is 275 g/mol. The van der Waals surface area contributed by atoms with Crippen molar-refractivity contribution < 1.29 is 4.74 Å². The molecular formula is C16H31ClO. The molecule has 0 aromatic carbocycles. The van der Waals surface area contributed by atoms with Crippen molar-refractivity contribution in [2.45, 2.75) is 65.9 Å². The lowest BCUT2D eigenvalue weighted by molar-refractivity contribution is -0.0419. The Labute approximate surface area is 119 Å². The summed E-state index contributed by atoms with van der Waals surface area (Å²) in [5.74, 6) is 3.83. The second-order valence-corrected chi connectivity index (χ2v) is 6.98. The van der Waals surface area contributed by atoms with Gasteiger partial charge in [0.2, 0.25) is 0 Å². The van der Waals surface area contributed by atoms with Gasteiger partial charge < -0.3 is 4.74 Å². The molecule has 1 aliphatic rings.